The lowest BCUT2D eigenvalue weighted by Gasteiger charge is -2.31. The average molecular weight is 571 g/mol. The van der Waals surface area contributed by atoms with Gasteiger partial charge in [-0.1, -0.05) is 33.8 Å². The number of nitrogens with one attached hydrogen (secondary N) is 2. The average Bonchev–Trinajstić information content (AvgIpc) is 2.65. The van der Waals surface area contributed by atoms with Crippen LogP contribution in [-0.4, -0.2) is 57.8 Å². The fourth-order valence-electron chi connectivity index (χ4n) is 3.53. The SMILES string of the molecule is CCNC(=NCc1cc(F)ccc1CS(C)(=O)=O)NCC(CC(C)C)N(CC)CC.I. The minimum Gasteiger partial charge on any atom is -0.357 e. The van der Waals surface area contributed by atoms with Gasteiger partial charge in [0.15, 0.2) is 15.8 Å². The van der Waals surface area contributed by atoms with Crippen LogP contribution >= 0.6 is 24.0 Å². The van der Waals surface area contributed by atoms with Gasteiger partial charge >= 0.3 is 0 Å². The summed E-state index contributed by atoms with van der Waals surface area (Å²) in [6.07, 6.45) is 2.26. The minimum absolute atomic E-state index is 0. The van der Waals surface area contributed by atoms with Gasteiger partial charge in [0.2, 0.25) is 0 Å². The topological polar surface area (TPSA) is 73.8 Å². The van der Waals surface area contributed by atoms with Crippen LogP contribution in [0.4, 0.5) is 4.39 Å². The van der Waals surface area contributed by atoms with Crippen molar-refractivity contribution in [2.75, 3.05) is 32.4 Å². The molecule has 0 heterocycles. The molecule has 0 fully saturated rings. The number of aliphatic imine (C=N–C) groups is 1. The highest BCUT2D eigenvalue weighted by molar-refractivity contribution is 14.0. The van der Waals surface area contributed by atoms with Crippen molar-refractivity contribution in [3.05, 3.63) is 35.1 Å². The van der Waals surface area contributed by atoms with Gasteiger partial charge in [0.25, 0.3) is 0 Å². The van der Waals surface area contributed by atoms with E-state index in [4.69, 9.17) is 0 Å². The monoisotopic (exact) mass is 570 g/mol. The molecule has 0 aliphatic carbocycles. The number of hydrogen-bond donors (Lipinski definition) is 2. The molecule has 1 rings (SSSR count). The molecule has 6 nitrogen and oxygen atoms in total. The zero-order chi connectivity index (χ0) is 22.7. The summed E-state index contributed by atoms with van der Waals surface area (Å²) in [6, 6.07) is 4.57. The van der Waals surface area contributed by atoms with Crippen LogP contribution in [0.3, 0.4) is 0 Å². The number of rotatable bonds is 12. The summed E-state index contributed by atoms with van der Waals surface area (Å²) < 4.78 is 37.2. The maximum absolute atomic E-state index is 13.8. The summed E-state index contributed by atoms with van der Waals surface area (Å²) in [5.41, 5.74) is 1.17. The van der Waals surface area contributed by atoms with E-state index in [1.54, 1.807) is 0 Å². The first-order chi connectivity index (χ1) is 14.1. The van der Waals surface area contributed by atoms with Crippen molar-refractivity contribution in [2.24, 2.45) is 10.9 Å². The van der Waals surface area contributed by atoms with Gasteiger partial charge in [-0.2, -0.15) is 0 Å². The Balaban J connectivity index is 0.00000900. The smallest absolute Gasteiger partial charge is 0.191 e. The Morgan fingerprint density at radius 3 is 2.29 bits per heavy atom. The van der Waals surface area contributed by atoms with Gasteiger partial charge in [-0.3, -0.25) is 4.90 Å². The molecule has 1 aromatic rings. The van der Waals surface area contributed by atoms with E-state index in [2.05, 4.69) is 48.2 Å². The maximum Gasteiger partial charge on any atom is 0.191 e. The lowest BCUT2D eigenvalue weighted by atomic mass is 10.0. The first-order valence-electron chi connectivity index (χ1n) is 10.8. The summed E-state index contributed by atoms with van der Waals surface area (Å²) >= 11 is 0. The minimum atomic E-state index is -3.22. The van der Waals surface area contributed by atoms with Gasteiger partial charge in [0.05, 0.1) is 12.3 Å². The molecule has 0 aromatic heterocycles. The van der Waals surface area contributed by atoms with Crippen molar-refractivity contribution in [1.82, 2.24) is 15.5 Å². The summed E-state index contributed by atoms with van der Waals surface area (Å²) in [4.78, 5) is 7.03. The lowest BCUT2D eigenvalue weighted by molar-refractivity contribution is 0.191. The molecule has 0 saturated carbocycles. The molecule has 0 amide bonds. The Labute approximate surface area is 205 Å². The first kappa shape index (κ1) is 30.1. The third-order valence-electron chi connectivity index (χ3n) is 4.92. The van der Waals surface area contributed by atoms with Crippen LogP contribution in [0.2, 0.25) is 0 Å². The molecule has 180 valence electrons. The summed E-state index contributed by atoms with van der Waals surface area (Å²) in [6.45, 7) is 14.4. The lowest BCUT2D eigenvalue weighted by Crippen LogP contribution is -2.47. The van der Waals surface area contributed by atoms with Crippen molar-refractivity contribution in [3.8, 4) is 0 Å². The van der Waals surface area contributed by atoms with Crippen LogP contribution < -0.4 is 10.6 Å². The number of benzene rings is 1. The Bertz CT molecular complexity index is 784. The van der Waals surface area contributed by atoms with Crippen molar-refractivity contribution in [2.45, 2.75) is 59.4 Å². The van der Waals surface area contributed by atoms with Crippen LogP contribution in [0.15, 0.2) is 23.2 Å². The second-order valence-corrected chi connectivity index (χ2v) is 10.2. The standard InChI is InChI=1S/C22H39FN4O2S.HI/c1-7-24-22(26-15-21(12-17(4)5)27(8-2)9-3)25-14-19-13-20(23)11-10-18(19)16-30(6,28)29;/h10-11,13,17,21H,7-9,12,14-16H2,1-6H3,(H2,24,25,26);1H. The van der Waals surface area contributed by atoms with Gasteiger partial charge in [0, 0.05) is 25.4 Å². The Morgan fingerprint density at radius 1 is 1.13 bits per heavy atom. The molecular weight excluding hydrogens is 530 g/mol. The van der Waals surface area contributed by atoms with E-state index in [0.29, 0.717) is 35.6 Å². The Kier molecular flexibility index (Phi) is 14.5. The fraction of sp³-hybridized carbons (Fsp3) is 0.682. The molecule has 1 atom stereocenters. The predicted molar refractivity (Wildman–Crippen MR) is 139 cm³/mol. The second kappa shape index (κ2) is 15.0. The molecule has 0 saturated heterocycles. The molecule has 0 bridgehead atoms. The van der Waals surface area contributed by atoms with Gasteiger partial charge in [-0.25, -0.2) is 17.8 Å². The summed E-state index contributed by atoms with van der Waals surface area (Å²) in [5, 5.41) is 6.64. The van der Waals surface area contributed by atoms with Crippen LogP contribution in [0.25, 0.3) is 0 Å². The summed E-state index contributed by atoms with van der Waals surface area (Å²) in [7, 11) is -3.22. The number of sulfone groups is 1. The third-order valence-corrected chi connectivity index (χ3v) is 5.75. The van der Waals surface area contributed by atoms with E-state index in [1.165, 1.54) is 24.5 Å². The van der Waals surface area contributed by atoms with Gasteiger partial charge in [-0.15, -0.1) is 24.0 Å². The van der Waals surface area contributed by atoms with Gasteiger partial charge < -0.3 is 10.6 Å². The van der Waals surface area contributed by atoms with Crippen LogP contribution in [-0.2, 0) is 22.1 Å². The van der Waals surface area contributed by atoms with E-state index in [0.717, 1.165) is 26.1 Å². The molecule has 9 heteroatoms. The quantitative estimate of drug-likeness (QED) is 0.227. The summed E-state index contributed by atoms with van der Waals surface area (Å²) in [5.74, 6) is 0.713. The van der Waals surface area contributed by atoms with Gasteiger partial charge in [-0.05, 0) is 55.6 Å². The van der Waals surface area contributed by atoms with E-state index >= 15 is 0 Å². The molecule has 0 aliphatic rings. The molecule has 0 aliphatic heterocycles. The molecule has 31 heavy (non-hydrogen) atoms. The Morgan fingerprint density at radius 2 is 1.77 bits per heavy atom. The number of likely N-dealkylation sites (N-methyl/N-ethyl adjacent to an activating group) is 1. The van der Waals surface area contributed by atoms with E-state index in [9.17, 15) is 12.8 Å². The van der Waals surface area contributed by atoms with Crippen LogP contribution in [0.5, 0.6) is 0 Å². The van der Waals surface area contributed by atoms with Crippen molar-refractivity contribution < 1.29 is 12.8 Å². The van der Waals surface area contributed by atoms with Crippen LogP contribution in [0, 0.1) is 11.7 Å². The van der Waals surface area contributed by atoms with Crippen molar-refractivity contribution >= 4 is 39.8 Å². The fourth-order valence-corrected chi connectivity index (χ4v) is 4.38. The molecular formula is C22H40FIN4O2S. The molecule has 1 unspecified atom stereocenters. The molecule has 2 N–H and O–H groups in total. The van der Waals surface area contributed by atoms with E-state index < -0.39 is 15.7 Å². The highest BCUT2D eigenvalue weighted by atomic mass is 127. The number of nitrogens with zero attached hydrogens (tertiary/aromatic N) is 2. The number of hydrogen-bond acceptors (Lipinski definition) is 4. The highest BCUT2D eigenvalue weighted by Gasteiger charge is 2.17. The van der Waals surface area contributed by atoms with E-state index in [1.807, 2.05) is 6.92 Å². The zero-order valence-corrected chi connectivity index (χ0v) is 22.9. The number of guanidine groups is 1. The zero-order valence-electron chi connectivity index (χ0n) is 19.7. The normalized spacial score (nSPS) is 13.3. The van der Waals surface area contributed by atoms with Gasteiger partial charge in [0.1, 0.15) is 5.82 Å². The highest BCUT2D eigenvalue weighted by Crippen LogP contribution is 2.16. The van der Waals surface area contributed by atoms with Crippen LogP contribution in [0.1, 0.15) is 52.2 Å². The first-order valence-corrected chi connectivity index (χ1v) is 12.9. The Hall–Kier alpha value is -0.940. The van der Waals surface area contributed by atoms with Crippen molar-refractivity contribution in [1.29, 1.82) is 0 Å². The van der Waals surface area contributed by atoms with E-state index in [-0.39, 0.29) is 36.3 Å². The molecule has 0 spiro atoms. The predicted octanol–water partition coefficient (Wildman–Crippen LogP) is 3.80. The van der Waals surface area contributed by atoms with Crippen molar-refractivity contribution in [3.63, 3.8) is 0 Å². The number of halogens is 2. The molecule has 0 radical (unpaired) electrons. The molecule has 1 aromatic carbocycles. The second-order valence-electron chi connectivity index (χ2n) is 8.06. The third kappa shape index (κ3) is 12.0. The largest absolute Gasteiger partial charge is 0.357 e. The maximum atomic E-state index is 13.8.